The molecule has 0 aliphatic carbocycles. The van der Waals surface area contributed by atoms with Crippen LogP contribution in [0, 0.1) is 0 Å². The van der Waals surface area contributed by atoms with Crippen LogP contribution in [0.1, 0.15) is 12.1 Å². The lowest BCUT2D eigenvalue weighted by Crippen LogP contribution is -2.26. The van der Waals surface area contributed by atoms with Crippen LogP contribution >= 0.6 is 0 Å². The second kappa shape index (κ2) is 5.81. The fraction of sp³-hybridized carbons (Fsp3) is 0.250. The van der Waals surface area contributed by atoms with Crippen LogP contribution in [-0.2, 0) is 17.9 Å². The van der Waals surface area contributed by atoms with Gasteiger partial charge in [0.05, 0.1) is 18.6 Å². The van der Waals surface area contributed by atoms with Gasteiger partial charge in [-0.15, -0.1) is 0 Å². The molecule has 0 spiro atoms. The second-order valence-electron chi connectivity index (χ2n) is 3.84. The molecule has 2 rings (SSSR count). The summed E-state index contributed by atoms with van der Waals surface area (Å²) < 4.78 is 1.51. The summed E-state index contributed by atoms with van der Waals surface area (Å²) in [5, 5.41) is 2.75. The summed E-state index contributed by atoms with van der Waals surface area (Å²) in [6.07, 6.45) is 5.16. The number of aromatic nitrogens is 3. The molecule has 0 saturated heterocycles. The van der Waals surface area contributed by atoms with E-state index in [-0.39, 0.29) is 17.9 Å². The lowest BCUT2D eigenvalue weighted by Gasteiger charge is -2.05. The highest BCUT2D eigenvalue weighted by Crippen LogP contribution is 1.92. The average molecular weight is 246 g/mol. The number of carbonyl (C=O) groups excluding carboxylic acids is 1. The molecule has 2 N–H and O–H groups in total. The monoisotopic (exact) mass is 246 g/mol. The van der Waals surface area contributed by atoms with Crippen molar-refractivity contribution in [1.82, 2.24) is 19.9 Å². The summed E-state index contributed by atoms with van der Waals surface area (Å²) in [6.45, 7) is 0.803. The van der Waals surface area contributed by atoms with E-state index in [4.69, 9.17) is 0 Å². The van der Waals surface area contributed by atoms with Crippen molar-refractivity contribution in [3.63, 3.8) is 0 Å². The minimum atomic E-state index is -0.0983. The van der Waals surface area contributed by atoms with Gasteiger partial charge in [-0.05, 0) is 6.07 Å². The Morgan fingerprint density at radius 3 is 3.06 bits per heavy atom. The predicted octanol–water partition coefficient (Wildman–Crippen LogP) is 0.278. The second-order valence-corrected chi connectivity index (χ2v) is 3.84. The van der Waals surface area contributed by atoms with Crippen LogP contribution in [0.3, 0.4) is 0 Å². The number of rotatable bonds is 5. The van der Waals surface area contributed by atoms with Crippen LogP contribution < -0.4 is 10.9 Å². The van der Waals surface area contributed by atoms with Gasteiger partial charge in [-0.25, -0.2) is 4.98 Å². The van der Waals surface area contributed by atoms with E-state index in [1.54, 1.807) is 30.9 Å². The van der Waals surface area contributed by atoms with Gasteiger partial charge in [-0.2, -0.15) is 0 Å². The average Bonchev–Trinajstić information content (AvgIpc) is 2.88. The van der Waals surface area contributed by atoms with Gasteiger partial charge in [0.2, 0.25) is 5.91 Å². The molecule has 0 bridgehead atoms. The fourth-order valence-electron chi connectivity index (χ4n) is 1.53. The first-order valence-corrected chi connectivity index (χ1v) is 5.65. The highest BCUT2D eigenvalue weighted by molar-refractivity contribution is 5.75. The maximum absolute atomic E-state index is 11.6. The van der Waals surface area contributed by atoms with Crippen molar-refractivity contribution in [2.24, 2.45) is 0 Å². The number of amides is 1. The smallest absolute Gasteiger partial charge is 0.250 e. The van der Waals surface area contributed by atoms with E-state index in [1.807, 2.05) is 0 Å². The first kappa shape index (κ1) is 12.1. The van der Waals surface area contributed by atoms with Gasteiger partial charge in [-0.3, -0.25) is 9.59 Å². The SMILES string of the molecule is O=C(CCn1ccccc1=O)NCc1cnc[nH]1. The zero-order valence-corrected chi connectivity index (χ0v) is 9.80. The third-order valence-electron chi connectivity index (χ3n) is 2.51. The number of pyridine rings is 1. The van der Waals surface area contributed by atoms with Crippen molar-refractivity contribution in [1.29, 1.82) is 0 Å². The normalized spacial score (nSPS) is 10.2. The molecule has 1 amide bonds. The minimum absolute atomic E-state index is 0.0969. The number of hydrogen-bond acceptors (Lipinski definition) is 3. The molecule has 94 valence electrons. The van der Waals surface area contributed by atoms with E-state index in [2.05, 4.69) is 15.3 Å². The van der Waals surface area contributed by atoms with Gasteiger partial charge in [0.1, 0.15) is 0 Å². The highest BCUT2D eigenvalue weighted by atomic mass is 16.1. The van der Waals surface area contributed by atoms with E-state index < -0.39 is 0 Å². The fourth-order valence-corrected chi connectivity index (χ4v) is 1.53. The molecule has 6 nitrogen and oxygen atoms in total. The lowest BCUT2D eigenvalue weighted by molar-refractivity contribution is -0.121. The third kappa shape index (κ3) is 3.31. The maximum Gasteiger partial charge on any atom is 0.250 e. The summed E-state index contributed by atoms with van der Waals surface area (Å²) in [5.41, 5.74) is 0.749. The van der Waals surface area contributed by atoms with Gasteiger partial charge in [0, 0.05) is 31.4 Å². The molecule has 2 aromatic rings. The molecule has 2 aromatic heterocycles. The number of carbonyl (C=O) groups is 1. The molecule has 2 heterocycles. The molecule has 18 heavy (non-hydrogen) atoms. The van der Waals surface area contributed by atoms with E-state index in [0.717, 1.165) is 5.69 Å². The van der Waals surface area contributed by atoms with Crippen molar-refractivity contribution >= 4 is 5.91 Å². The zero-order valence-electron chi connectivity index (χ0n) is 9.80. The topological polar surface area (TPSA) is 79.8 Å². The number of aromatic amines is 1. The molecule has 0 radical (unpaired) electrons. The first-order chi connectivity index (χ1) is 8.75. The van der Waals surface area contributed by atoms with Crippen molar-refractivity contribution in [3.05, 3.63) is 53.0 Å². The molecule has 0 aliphatic rings. The molecule has 6 heteroatoms. The summed E-state index contributed by atoms with van der Waals surface area (Å²) in [4.78, 5) is 29.7. The molecule has 0 aliphatic heterocycles. The Balaban J connectivity index is 1.78. The highest BCUT2D eigenvalue weighted by Gasteiger charge is 2.03. The van der Waals surface area contributed by atoms with Crippen LogP contribution in [0.5, 0.6) is 0 Å². The van der Waals surface area contributed by atoms with Crippen LogP contribution in [0.4, 0.5) is 0 Å². The molecular formula is C12H14N4O2. The van der Waals surface area contributed by atoms with Gasteiger partial charge in [0.15, 0.2) is 0 Å². The number of imidazole rings is 1. The Morgan fingerprint density at radius 2 is 2.33 bits per heavy atom. The van der Waals surface area contributed by atoms with Gasteiger partial charge < -0.3 is 14.9 Å². The number of nitrogens with one attached hydrogen (secondary N) is 2. The molecule has 0 unspecified atom stereocenters. The van der Waals surface area contributed by atoms with Gasteiger partial charge >= 0.3 is 0 Å². The van der Waals surface area contributed by atoms with Crippen molar-refractivity contribution in [2.75, 3.05) is 0 Å². The van der Waals surface area contributed by atoms with Crippen molar-refractivity contribution < 1.29 is 4.79 Å². The van der Waals surface area contributed by atoms with E-state index in [0.29, 0.717) is 13.1 Å². The number of aryl methyl sites for hydroxylation is 1. The Kier molecular flexibility index (Phi) is 3.90. The Bertz CT molecular complexity index is 559. The summed E-state index contributed by atoms with van der Waals surface area (Å²) >= 11 is 0. The van der Waals surface area contributed by atoms with Crippen LogP contribution in [0.2, 0.25) is 0 Å². The van der Waals surface area contributed by atoms with Gasteiger partial charge in [0.25, 0.3) is 5.56 Å². The molecular weight excluding hydrogens is 232 g/mol. The quantitative estimate of drug-likeness (QED) is 0.795. The van der Waals surface area contributed by atoms with Crippen LogP contribution in [0.15, 0.2) is 41.7 Å². The summed E-state index contributed by atoms with van der Waals surface area (Å²) in [6, 6.07) is 4.92. The Labute approximate surface area is 104 Å². The largest absolute Gasteiger partial charge is 0.350 e. The van der Waals surface area contributed by atoms with Gasteiger partial charge in [-0.1, -0.05) is 6.07 Å². The first-order valence-electron chi connectivity index (χ1n) is 5.65. The lowest BCUT2D eigenvalue weighted by atomic mass is 10.3. The third-order valence-corrected chi connectivity index (χ3v) is 2.51. The van der Waals surface area contributed by atoms with E-state index >= 15 is 0 Å². The molecule has 0 atom stereocenters. The number of nitrogens with zero attached hydrogens (tertiary/aromatic N) is 2. The Hall–Kier alpha value is -2.37. The standard InChI is InChI=1S/C12H14N4O2/c17-11(14-8-10-7-13-9-15-10)4-6-16-5-2-1-3-12(16)18/h1-3,5,7,9H,4,6,8H2,(H,13,15)(H,14,17). The summed E-state index contributed by atoms with van der Waals surface area (Å²) in [5.74, 6) is -0.0969. The molecule has 0 aromatic carbocycles. The summed E-state index contributed by atoms with van der Waals surface area (Å²) in [7, 11) is 0. The number of hydrogen-bond donors (Lipinski definition) is 2. The number of H-pyrrole nitrogens is 1. The van der Waals surface area contributed by atoms with Crippen LogP contribution in [-0.4, -0.2) is 20.4 Å². The van der Waals surface area contributed by atoms with Crippen molar-refractivity contribution in [2.45, 2.75) is 19.5 Å². The maximum atomic E-state index is 11.6. The molecule has 0 saturated carbocycles. The molecule has 0 fully saturated rings. The van der Waals surface area contributed by atoms with Crippen molar-refractivity contribution in [3.8, 4) is 0 Å². The van der Waals surface area contributed by atoms with E-state index in [9.17, 15) is 9.59 Å². The van der Waals surface area contributed by atoms with E-state index in [1.165, 1.54) is 10.6 Å². The van der Waals surface area contributed by atoms with Crippen LogP contribution in [0.25, 0.3) is 0 Å². The minimum Gasteiger partial charge on any atom is -0.350 e. The predicted molar refractivity (Wildman–Crippen MR) is 65.8 cm³/mol. The Morgan fingerprint density at radius 1 is 1.44 bits per heavy atom. The zero-order chi connectivity index (χ0) is 12.8.